The van der Waals surface area contributed by atoms with Crippen molar-refractivity contribution in [2.75, 3.05) is 19.6 Å². The van der Waals surface area contributed by atoms with Crippen LogP contribution in [-0.2, 0) is 6.54 Å². The molecule has 2 heteroatoms. The number of hydrogen-bond acceptors (Lipinski definition) is 2. The molecule has 0 spiro atoms. The molecule has 118 valence electrons. The highest BCUT2D eigenvalue weighted by Crippen LogP contribution is 2.20. The van der Waals surface area contributed by atoms with Crippen LogP contribution in [0.5, 0.6) is 0 Å². The molecule has 1 saturated heterocycles. The van der Waals surface area contributed by atoms with Crippen LogP contribution in [0, 0.1) is 26.7 Å². The zero-order valence-electron chi connectivity index (χ0n) is 14.5. The van der Waals surface area contributed by atoms with Gasteiger partial charge in [0.05, 0.1) is 0 Å². The second-order valence-corrected chi connectivity index (χ2v) is 7.26. The van der Waals surface area contributed by atoms with Gasteiger partial charge in [-0.05, 0) is 62.8 Å². The smallest absolute Gasteiger partial charge is 0.0239 e. The summed E-state index contributed by atoms with van der Waals surface area (Å²) in [7, 11) is 0. The largest absolute Gasteiger partial charge is 0.313 e. The number of nitrogens with zero attached hydrogens (tertiary/aromatic N) is 1. The normalized spacial score (nSPS) is 18.9. The molecule has 0 saturated carbocycles. The summed E-state index contributed by atoms with van der Waals surface area (Å²) >= 11 is 0. The Kier molecular flexibility index (Phi) is 5.83. The van der Waals surface area contributed by atoms with Crippen LogP contribution in [0.3, 0.4) is 0 Å². The fourth-order valence-corrected chi connectivity index (χ4v) is 3.63. The summed E-state index contributed by atoms with van der Waals surface area (Å²) in [5.74, 6) is 0.720. The minimum atomic E-state index is 0.690. The van der Waals surface area contributed by atoms with Gasteiger partial charge in [0, 0.05) is 25.7 Å². The first-order chi connectivity index (χ1) is 9.95. The molecule has 1 N–H and O–H groups in total. The van der Waals surface area contributed by atoms with Crippen molar-refractivity contribution in [3.05, 3.63) is 34.4 Å². The molecule has 0 amide bonds. The highest BCUT2D eigenvalue weighted by Gasteiger charge is 2.19. The molecule has 2 rings (SSSR count). The lowest BCUT2D eigenvalue weighted by Gasteiger charge is -2.28. The van der Waals surface area contributed by atoms with Gasteiger partial charge in [-0.3, -0.25) is 4.90 Å². The van der Waals surface area contributed by atoms with Gasteiger partial charge in [-0.1, -0.05) is 31.5 Å². The van der Waals surface area contributed by atoms with Crippen LogP contribution in [0.2, 0.25) is 0 Å². The molecule has 1 unspecified atom stereocenters. The average molecular weight is 288 g/mol. The van der Waals surface area contributed by atoms with Gasteiger partial charge in [0.1, 0.15) is 0 Å². The molecule has 1 aliphatic heterocycles. The number of rotatable bonds is 6. The fraction of sp³-hybridized carbons (Fsp3) is 0.684. The second kappa shape index (κ2) is 7.42. The first-order valence-corrected chi connectivity index (χ1v) is 8.48. The minimum Gasteiger partial charge on any atom is -0.313 e. The molecule has 1 fully saturated rings. The number of benzene rings is 1. The molecular weight excluding hydrogens is 256 g/mol. The van der Waals surface area contributed by atoms with Gasteiger partial charge in [-0.2, -0.15) is 0 Å². The predicted molar refractivity (Wildman–Crippen MR) is 91.8 cm³/mol. The van der Waals surface area contributed by atoms with E-state index in [1.807, 2.05) is 0 Å². The Hall–Kier alpha value is -0.860. The van der Waals surface area contributed by atoms with E-state index in [-0.39, 0.29) is 0 Å². The molecule has 21 heavy (non-hydrogen) atoms. The SMILES string of the molecule is Cc1cc(C)c(CN(CC(C)C)CC2CCCN2)c(C)c1. The van der Waals surface area contributed by atoms with Gasteiger partial charge in [-0.25, -0.2) is 0 Å². The molecule has 1 aliphatic rings. The van der Waals surface area contributed by atoms with Crippen LogP contribution >= 0.6 is 0 Å². The Bertz CT molecular complexity index is 436. The van der Waals surface area contributed by atoms with Gasteiger partial charge in [0.2, 0.25) is 0 Å². The Morgan fingerprint density at radius 1 is 1.19 bits per heavy atom. The lowest BCUT2D eigenvalue weighted by molar-refractivity contribution is 0.215. The maximum Gasteiger partial charge on any atom is 0.0239 e. The molecule has 0 bridgehead atoms. The maximum absolute atomic E-state index is 3.64. The third-order valence-electron chi connectivity index (χ3n) is 4.49. The standard InChI is InChI=1S/C19H32N2/c1-14(2)11-21(12-18-7-6-8-20-18)13-19-16(4)9-15(3)10-17(19)5/h9-10,14,18,20H,6-8,11-13H2,1-5H3. The number of aryl methyl sites for hydroxylation is 3. The van der Waals surface area contributed by atoms with Crippen LogP contribution < -0.4 is 5.32 Å². The lowest BCUT2D eigenvalue weighted by atomic mass is 9.99. The molecule has 1 heterocycles. The second-order valence-electron chi connectivity index (χ2n) is 7.26. The lowest BCUT2D eigenvalue weighted by Crippen LogP contribution is -2.39. The van der Waals surface area contributed by atoms with Crippen molar-refractivity contribution < 1.29 is 0 Å². The first kappa shape index (κ1) is 16.5. The molecular formula is C19H32N2. The zero-order chi connectivity index (χ0) is 15.4. The van der Waals surface area contributed by atoms with Crippen molar-refractivity contribution in [1.82, 2.24) is 10.2 Å². The van der Waals surface area contributed by atoms with E-state index in [1.165, 1.54) is 54.7 Å². The van der Waals surface area contributed by atoms with Crippen LogP contribution in [0.25, 0.3) is 0 Å². The predicted octanol–water partition coefficient (Wildman–Crippen LogP) is 3.82. The summed E-state index contributed by atoms with van der Waals surface area (Å²) in [5, 5.41) is 3.64. The summed E-state index contributed by atoms with van der Waals surface area (Å²) in [5.41, 5.74) is 5.79. The molecule has 0 radical (unpaired) electrons. The summed E-state index contributed by atoms with van der Waals surface area (Å²) in [4.78, 5) is 2.65. The number of nitrogens with one attached hydrogen (secondary N) is 1. The minimum absolute atomic E-state index is 0.690. The van der Waals surface area contributed by atoms with Crippen molar-refractivity contribution >= 4 is 0 Å². The molecule has 0 aromatic heterocycles. The summed E-state index contributed by atoms with van der Waals surface area (Å²) in [6, 6.07) is 5.34. The van der Waals surface area contributed by atoms with Crippen LogP contribution in [0.4, 0.5) is 0 Å². The van der Waals surface area contributed by atoms with E-state index in [9.17, 15) is 0 Å². The van der Waals surface area contributed by atoms with E-state index in [1.54, 1.807) is 0 Å². The quantitative estimate of drug-likeness (QED) is 0.856. The van der Waals surface area contributed by atoms with Gasteiger partial charge in [0.25, 0.3) is 0 Å². The zero-order valence-corrected chi connectivity index (χ0v) is 14.5. The Balaban J connectivity index is 2.10. The summed E-state index contributed by atoms with van der Waals surface area (Å²) in [6.45, 7) is 16.0. The number of hydrogen-bond donors (Lipinski definition) is 1. The highest BCUT2D eigenvalue weighted by molar-refractivity contribution is 5.37. The Morgan fingerprint density at radius 2 is 1.86 bits per heavy atom. The molecule has 1 atom stereocenters. The van der Waals surface area contributed by atoms with Gasteiger partial charge in [-0.15, -0.1) is 0 Å². The van der Waals surface area contributed by atoms with E-state index in [4.69, 9.17) is 0 Å². The average Bonchev–Trinajstić information content (AvgIpc) is 2.85. The maximum atomic E-state index is 3.64. The molecule has 1 aromatic carbocycles. The third-order valence-corrected chi connectivity index (χ3v) is 4.49. The van der Waals surface area contributed by atoms with Crippen LogP contribution in [0.15, 0.2) is 12.1 Å². The van der Waals surface area contributed by atoms with E-state index < -0.39 is 0 Å². The third kappa shape index (κ3) is 4.82. The van der Waals surface area contributed by atoms with Gasteiger partial charge >= 0.3 is 0 Å². The van der Waals surface area contributed by atoms with E-state index in [2.05, 4.69) is 57.0 Å². The van der Waals surface area contributed by atoms with Crippen molar-refractivity contribution in [1.29, 1.82) is 0 Å². The Labute approximate surface area is 130 Å². The summed E-state index contributed by atoms with van der Waals surface area (Å²) in [6.07, 6.45) is 2.67. The molecule has 2 nitrogen and oxygen atoms in total. The first-order valence-electron chi connectivity index (χ1n) is 8.48. The fourth-order valence-electron chi connectivity index (χ4n) is 3.63. The van der Waals surface area contributed by atoms with E-state index >= 15 is 0 Å². The summed E-state index contributed by atoms with van der Waals surface area (Å²) < 4.78 is 0. The van der Waals surface area contributed by atoms with E-state index in [0.29, 0.717) is 6.04 Å². The van der Waals surface area contributed by atoms with Crippen molar-refractivity contribution in [2.24, 2.45) is 5.92 Å². The molecule has 0 aliphatic carbocycles. The topological polar surface area (TPSA) is 15.3 Å². The van der Waals surface area contributed by atoms with Gasteiger partial charge in [0.15, 0.2) is 0 Å². The Morgan fingerprint density at radius 3 is 2.38 bits per heavy atom. The monoisotopic (exact) mass is 288 g/mol. The van der Waals surface area contributed by atoms with Crippen molar-refractivity contribution in [3.63, 3.8) is 0 Å². The molecule has 1 aromatic rings. The van der Waals surface area contributed by atoms with Crippen molar-refractivity contribution in [3.8, 4) is 0 Å². The van der Waals surface area contributed by atoms with Crippen LogP contribution in [0.1, 0.15) is 48.9 Å². The highest BCUT2D eigenvalue weighted by atomic mass is 15.2. The van der Waals surface area contributed by atoms with E-state index in [0.717, 1.165) is 12.5 Å². The van der Waals surface area contributed by atoms with Crippen LogP contribution in [-0.4, -0.2) is 30.6 Å². The van der Waals surface area contributed by atoms with Gasteiger partial charge < -0.3 is 5.32 Å². The van der Waals surface area contributed by atoms with Crippen molar-refractivity contribution in [2.45, 2.75) is 60.0 Å².